The maximum Gasteiger partial charge on any atom is 0.250 e. The molecule has 2 aromatic heterocycles. The number of nitrogens with two attached hydrogens (primary N) is 2. The first-order chi connectivity index (χ1) is 8.08. The Morgan fingerprint density at radius 2 is 2.06 bits per heavy atom. The molecule has 7 nitrogen and oxygen atoms in total. The number of hydrogen-bond donors (Lipinski definition) is 2. The fourth-order valence-electron chi connectivity index (χ4n) is 1.15. The van der Waals surface area contributed by atoms with Crippen molar-refractivity contribution in [3.05, 3.63) is 36.0 Å². The number of pyridine rings is 1. The first-order valence-corrected chi connectivity index (χ1v) is 4.96. The Hall–Kier alpha value is -2.35. The number of carbonyl (C=O) groups excluding carboxylic acids is 1. The molecule has 0 aliphatic carbocycles. The van der Waals surface area contributed by atoms with E-state index in [4.69, 9.17) is 23.7 Å². The van der Waals surface area contributed by atoms with E-state index >= 15 is 0 Å². The summed E-state index contributed by atoms with van der Waals surface area (Å²) in [6.07, 6.45) is 2.79. The standard InChI is InChI=1S/C9H8N6OS/c10-7(16)5-1-2-6(12-3-5)15-4-13-9(14-15)8(11)17/h1-4H,(H2,10,16)(H2,11,17). The summed E-state index contributed by atoms with van der Waals surface area (Å²) in [7, 11) is 0. The van der Waals surface area contributed by atoms with Crippen LogP contribution in [0.1, 0.15) is 16.2 Å². The van der Waals surface area contributed by atoms with Crippen LogP contribution in [-0.4, -0.2) is 30.6 Å². The van der Waals surface area contributed by atoms with Crippen molar-refractivity contribution < 1.29 is 4.79 Å². The van der Waals surface area contributed by atoms with Crippen molar-refractivity contribution in [3.63, 3.8) is 0 Å². The van der Waals surface area contributed by atoms with Gasteiger partial charge in [0, 0.05) is 6.20 Å². The molecule has 86 valence electrons. The van der Waals surface area contributed by atoms with Crippen LogP contribution in [0.15, 0.2) is 24.7 Å². The predicted molar refractivity (Wildman–Crippen MR) is 63.6 cm³/mol. The topological polar surface area (TPSA) is 113 Å². The van der Waals surface area contributed by atoms with E-state index < -0.39 is 5.91 Å². The smallest absolute Gasteiger partial charge is 0.250 e. The summed E-state index contributed by atoms with van der Waals surface area (Å²) >= 11 is 4.74. The Kier molecular flexibility index (Phi) is 2.79. The van der Waals surface area contributed by atoms with Crippen LogP contribution >= 0.6 is 12.2 Å². The maximum atomic E-state index is 10.9. The van der Waals surface area contributed by atoms with Crippen LogP contribution in [-0.2, 0) is 0 Å². The molecule has 2 aromatic rings. The fraction of sp³-hybridized carbons (Fsp3) is 0. The molecule has 0 atom stereocenters. The van der Waals surface area contributed by atoms with Crippen LogP contribution in [0.4, 0.5) is 0 Å². The molecule has 17 heavy (non-hydrogen) atoms. The third-order valence-electron chi connectivity index (χ3n) is 1.98. The Morgan fingerprint density at radius 1 is 1.29 bits per heavy atom. The third kappa shape index (κ3) is 2.26. The molecule has 2 heterocycles. The molecule has 4 N–H and O–H groups in total. The lowest BCUT2D eigenvalue weighted by Crippen LogP contribution is -2.13. The van der Waals surface area contributed by atoms with E-state index in [2.05, 4.69) is 15.1 Å². The Morgan fingerprint density at radius 3 is 2.53 bits per heavy atom. The molecular formula is C9H8N6OS. The van der Waals surface area contributed by atoms with Gasteiger partial charge in [-0.05, 0) is 12.1 Å². The number of aromatic nitrogens is 4. The van der Waals surface area contributed by atoms with E-state index in [9.17, 15) is 4.79 Å². The second-order valence-electron chi connectivity index (χ2n) is 3.15. The van der Waals surface area contributed by atoms with Crippen LogP contribution in [0, 0.1) is 0 Å². The van der Waals surface area contributed by atoms with Crippen molar-refractivity contribution in [3.8, 4) is 5.82 Å². The summed E-state index contributed by atoms with van der Waals surface area (Å²) in [6.45, 7) is 0. The second-order valence-corrected chi connectivity index (χ2v) is 3.59. The maximum absolute atomic E-state index is 10.9. The van der Waals surface area contributed by atoms with Gasteiger partial charge in [-0.25, -0.2) is 14.6 Å². The van der Waals surface area contributed by atoms with Gasteiger partial charge in [0.05, 0.1) is 5.56 Å². The summed E-state index contributed by atoms with van der Waals surface area (Å²) in [4.78, 5) is 18.9. The number of thiocarbonyl (C=S) groups is 1. The molecule has 2 rings (SSSR count). The number of amides is 1. The molecule has 1 amide bonds. The van der Waals surface area contributed by atoms with E-state index in [1.54, 1.807) is 12.1 Å². The number of nitrogens with zero attached hydrogens (tertiary/aromatic N) is 4. The number of primary amides is 1. The van der Waals surface area contributed by atoms with Crippen molar-refractivity contribution >= 4 is 23.1 Å². The number of rotatable bonds is 3. The van der Waals surface area contributed by atoms with Crippen molar-refractivity contribution in [2.45, 2.75) is 0 Å². The molecule has 0 spiro atoms. The molecule has 0 aliphatic heterocycles. The lowest BCUT2D eigenvalue weighted by atomic mass is 10.3. The minimum atomic E-state index is -0.536. The fourth-order valence-corrected chi connectivity index (χ4v) is 1.25. The quantitative estimate of drug-likeness (QED) is 0.701. The highest BCUT2D eigenvalue weighted by atomic mass is 32.1. The van der Waals surface area contributed by atoms with Gasteiger partial charge in [0.1, 0.15) is 11.3 Å². The zero-order chi connectivity index (χ0) is 12.4. The minimum absolute atomic E-state index is 0.109. The lowest BCUT2D eigenvalue weighted by molar-refractivity contribution is 0.1000. The molecule has 0 aromatic carbocycles. The SMILES string of the molecule is NC(=O)c1ccc(-n2cnc(C(N)=S)n2)nc1. The Balaban J connectivity index is 2.33. The lowest BCUT2D eigenvalue weighted by Gasteiger charge is -1.99. The van der Waals surface area contributed by atoms with Gasteiger partial charge in [0.2, 0.25) is 11.7 Å². The minimum Gasteiger partial charge on any atom is -0.387 e. The molecule has 0 aliphatic rings. The summed E-state index contributed by atoms with van der Waals surface area (Å²) < 4.78 is 1.40. The largest absolute Gasteiger partial charge is 0.387 e. The van der Waals surface area contributed by atoms with Crippen LogP contribution in [0.25, 0.3) is 5.82 Å². The van der Waals surface area contributed by atoms with Gasteiger partial charge in [-0.2, -0.15) is 0 Å². The summed E-state index contributed by atoms with van der Waals surface area (Å²) in [5, 5.41) is 4.02. The van der Waals surface area contributed by atoms with Crippen molar-refractivity contribution in [1.29, 1.82) is 0 Å². The Labute approximate surface area is 101 Å². The summed E-state index contributed by atoms with van der Waals surface area (Å²) in [5.74, 6) is 0.220. The third-order valence-corrected chi connectivity index (χ3v) is 2.16. The van der Waals surface area contributed by atoms with Gasteiger partial charge >= 0.3 is 0 Å². The average Bonchev–Trinajstić information content (AvgIpc) is 2.78. The molecule has 0 radical (unpaired) electrons. The van der Waals surface area contributed by atoms with Crippen LogP contribution in [0.5, 0.6) is 0 Å². The normalized spacial score (nSPS) is 10.1. The molecular weight excluding hydrogens is 240 g/mol. The van der Waals surface area contributed by atoms with Crippen LogP contribution < -0.4 is 11.5 Å². The zero-order valence-corrected chi connectivity index (χ0v) is 9.39. The molecule has 0 saturated carbocycles. The first kappa shape index (κ1) is 11.1. The van der Waals surface area contributed by atoms with Gasteiger partial charge in [0.15, 0.2) is 5.82 Å². The molecule has 0 saturated heterocycles. The van der Waals surface area contributed by atoms with Gasteiger partial charge in [-0.15, -0.1) is 5.10 Å². The van der Waals surface area contributed by atoms with E-state index in [0.29, 0.717) is 11.4 Å². The highest BCUT2D eigenvalue weighted by Crippen LogP contribution is 2.04. The van der Waals surface area contributed by atoms with Crippen molar-refractivity contribution in [2.24, 2.45) is 11.5 Å². The van der Waals surface area contributed by atoms with E-state index in [1.165, 1.54) is 17.2 Å². The number of carbonyl (C=O) groups is 1. The number of hydrogen-bond acceptors (Lipinski definition) is 5. The average molecular weight is 248 g/mol. The van der Waals surface area contributed by atoms with Gasteiger partial charge in [-0.3, -0.25) is 4.79 Å². The summed E-state index contributed by atoms with van der Waals surface area (Å²) in [5.41, 5.74) is 10.8. The van der Waals surface area contributed by atoms with Crippen LogP contribution in [0.2, 0.25) is 0 Å². The van der Waals surface area contributed by atoms with Gasteiger partial charge in [-0.1, -0.05) is 12.2 Å². The monoisotopic (exact) mass is 248 g/mol. The molecule has 0 fully saturated rings. The molecule has 0 unspecified atom stereocenters. The first-order valence-electron chi connectivity index (χ1n) is 4.55. The van der Waals surface area contributed by atoms with E-state index in [1.807, 2.05) is 0 Å². The zero-order valence-electron chi connectivity index (χ0n) is 8.57. The highest BCUT2D eigenvalue weighted by Gasteiger charge is 2.06. The van der Waals surface area contributed by atoms with Crippen molar-refractivity contribution in [1.82, 2.24) is 19.7 Å². The second kappa shape index (κ2) is 4.26. The van der Waals surface area contributed by atoms with Gasteiger partial charge in [0.25, 0.3) is 0 Å². The van der Waals surface area contributed by atoms with Crippen LogP contribution in [0.3, 0.4) is 0 Å². The summed E-state index contributed by atoms with van der Waals surface area (Å²) in [6, 6.07) is 3.14. The highest BCUT2D eigenvalue weighted by molar-refractivity contribution is 7.80. The molecule has 8 heteroatoms. The van der Waals surface area contributed by atoms with Gasteiger partial charge < -0.3 is 11.5 Å². The Bertz CT molecular complexity index is 575. The van der Waals surface area contributed by atoms with Crippen molar-refractivity contribution in [2.75, 3.05) is 0 Å². The molecule has 0 bridgehead atoms. The van der Waals surface area contributed by atoms with E-state index in [-0.39, 0.29) is 10.8 Å². The predicted octanol–water partition coefficient (Wildman–Crippen LogP) is -0.605. The van der Waals surface area contributed by atoms with E-state index in [0.717, 1.165) is 0 Å².